The number of fused-ring (bicyclic) bond motifs is 2. The standard InChI is InChI=1S/C23H25NO5/c1-4-11-23(22(24)27)18-9-7-16(20(25)28-2)12-14(18)5-6-15-13-17(21(26)29-3)8-10-19(15)23/h7-10,12-13H,4-6,11H2,1-3H3,(H2,24,27). The zero-order valence-electron chi connectivity index (χ0n) is 16.9. The highest BCUT2D eigenvalue weighted by atomic mass is 16.5. The molecule has 0 saturated heterocycles. The number of carbonyl (C=O) groups excluding carboxylic acids is 3. The van der Waals surface area contributed by atoms with Gasteiger partial charge in [-0.15, -0.1) is 0 Å². The van der Waals surface area contributed by atoms with Gasteiger partial charge in [-0.2, -0.15) is 0 Å². The number of benzene rings is 2. The molecule has 1 aliphatic rings. The Morgan fingerprint density at radius 2 is 1.34 bits per heavy atom. The molecule has 2 aromatic rings. The van der Waals surface area contributed by atoms with Gasteiger partial charge in [0.05, 0.1) is 30.8 Å². The molecule has 0 atom stereocenters. The predicted octanol–water partition coefficient (Wildman–Crippen LogP) is 2.93. The Morgan fingerprint density at radius 3 is 1.69 bits per heavy atom. The monoisotopic (exact) mass is 395 g/mol. The largest absolute Gasteiger partial charge is 0.465 e. The van der Waals surface area contributed by atoms with E-state index < -0.39 is 23.3 Å². The van der Waals surface area contributed by atoms with E-state index in [1.165, 1.54) is 14.2 Å². The van der Waals surface area contributed by atoms with Gasteiger partial charge in [0.1, 0.15) is 0 Å². The molecule has 152 valence electrons. The van der Waals surface area contributed by atoms with E-state index in [1.807, 2.05) is 19.1 Å². The molecular weight excluding hydrogens is 370 g/mol. The summed E-state index contributed by atoms with van der Waals surface area (Å²) in [4.78, 5) is 37.0. The van der Waals surface area contributed by atoms with Crippen LogP contribution in [-0.2, 0) is 32.5 Å². The SMILES string of the molecule is CCCC1(C(N)=O)c2ccc(C(=O)OC)cc2CCc2cc(C(=O)OC)ccc21. The lowest BCUT2D eigenvalue weighted by molar-refractivity contribution is -0.122. The van der Waals surface area contributed by atoms with Gasteiger partial charge in [0.15, 0.2) is 0 Å². The van der Waals surface area contributed by atoms with Crippen molar-refractivity contribution in [1.82, 2.24) is 0 Å². The van der Waals surface area contributed by atoms with Crippen LogP contribution in [0.4, 0.5) is 0 Å². The summed E-state index contributed by atoms with van der Waals surface area (Å²) in [5.41, 5.74) is 9.24. The summed E-state index contributed by atoms with van der Waals surface area (Å²) in [5.74, 6) is -1.30. The Morgan fingerprint density at radius 1 is 0.897 bits per heavy atom. The maximum absolute atomic E-state index is 12.9. The number of nitrogens with two attached hydrogens (primary N) is 1. The van der Waals surface area contributed by atoms with Crippen LogP contribution in [0.15, 0.2) is 36.4 Å². The molecule has 1 amide bonds. The number of ether oxygens (including phenoxy) is 2. The van der Waals surface area contributed by atoms with E-state index in [9.17, 15) is 14.4 Å². The van der Waals surface area contributed by atoms with E-state index in [1.54, 1.807) is 24.3 Å². The third-order valence-corrected chi connectivity index (χ3v) is 5.68. The Bertz CT molecular complexity index is 912. The molecule has 6 heteroatoms. The van der Waals surface area contributed by atoms with Crippen molar-refractivity contribution in [2.45, 2.75) is 38.0 Å². The fourth-order valence-corrected chi connectivity index (χ4v) is 4.37. The van der Waals surface area contributed by atoms with Crippen LogP contribution in [0, 0.1) is 0 Å². The summed E-state index contributed by atoms with van der Waals surface area (Å²) < 4.78 is 9.68. The number of carbonyl (C=O) groups is 3. The molecule has 2 N–H and O–H groups in total. The number of primary amides is 1. The van der Waals surface area contributed by atoms with Gasteiger partial charge in [0, 0.05) is 0 Å². The van der Waals surface area contributed by atoms with Crippen LogP contribution in [-0.4, -0.2) is 32.1 Å². The molecule has 2 aromatic carbocycles. The second-order valence-corrected chi connectivity index (χ2v) is 7.25. The second-order valence-electron chi connectivity index (χ2n) is 7.25. The zero-order valence-corrected chi connectivity index (χ0v) is 16.9. The van der Waals surface area contributed by atoms with Gasteiger partial charge in [0.25, 0.3) is 0 Å². The quantitative estimate of drug-likeness (QED) is 0.786. The first-order valence-corrected chi connectivity index (χ1v) is 9.62. The summed E-state index contributed by atoms with van der Waals surface area (Å²) in [5, 5.41) is 0. The fraction of sp³-hybridized carbons (Fsp3) is 0.348. The lowest BCUT2D eigenvalue weighted by atomic mass is 9.68. The molecule has 0 heterocycles. The molecule has 0 spiro atoms. The Kier molecular flexibility index (Phi) is 5.73. The van der Waals surface area contributed by atoms with Crippen molar-refractivity contribution in [2.24, 2.45) is 5.73 Å². The Labute approximate surface area is 170 Å². The van der Waals surface area contributed by atoms with Crippen LogP contribution in [0.5, 0.6) is 0 Å². The first kappa shape index (κ1) is 20.6. The summed E-state index contributed by atoms with van der Waals surface area (Å²) >= 11 is 0. The van der Waals surface area contributed by atoms with E-state index in [-0.39, 0.29) is 0 Å². The Balaban J connectivity index is 2.27. The first-order valence-electron chi connectivity index (χ1n) is 9.62. The normalized spacial score (nSPS) is 14.2. The molecule has 0 radical (unpaired) electrons. The molecule has 6 nitrogen and oxygen atoms in total. The first-order chi connectivity index (χ1) is 13.9. The van der Waals surface area contributed by atoms with Crippen molar-refractivity contribution in [3.63, 3.8) is 0 Å². The molecule has 29 heavy (non-hydrogen) atoms. The molecule has 0 bridgehead atoms. The average Bonchev–Trinajstić information content (AvgIpc) is 2.87. The number of amides is 1. The summed E-state index contributed by atoms with van der Waals surface area (Å²) in [7, 11) is 2.67. The number of rotatable bonds is 5. The van der Waals surface area contributed by atoms with Crippen LogP contribution >= 0.6 is 0 Å². The van der Waals surface area contributed by atoms with E-state index in [0.29, 0.717) is 30.4 Å². The van der Waals surface area contributed by atoms with E-state index >= 15 is 0 Å². The lowest BCUT2D eigenvalue weighted by Crippen LogP contribution is -2.43. The molecule has 0 aliphatic heterocycles. The van der Waals surface area contributed by atoms with Gasteiger partial charge in [-0.1, -0.05) is 25.5 Å². The van der Waals surface area contributed by atoms with E-state index in [0.717, 1.165) is 28.7 Å². The average molecular weight is 395 g/mol. The van der Waals surface area contributed by atoms with Crippen molar-refractivity contribution in [2.75, 3.05) is 14.2 Å². The number of esters is 2. The topological polar surface area (TPSA) is 95.7 Å². The van der Waals surface area contributed by atoms with Crippen molar-refractivity contribution in [3.8, 4) is 0 Å². The van der Waals surface area contributed by atoms with Gasteiger partial charge in [-0.3, -0.25) is 4.79 Å². The molecule has 0 fully saturated rings. The minimum absolute atomic E-state index is 0.428. The highest BCUT2D eigenvalue weighted by Crippen LogP contribution is 2.43. The highest BCUT2D eigenvalue weighted by Gasteiger charge is 2.44. The van der Waals surface area contributed by atoms with Crippen molar-refractivity contribution in [1.29, 1.82) is 0 Å². The highest BCUT2D eigenvalue weighted by molar-refractivity contribution is 5.95. The maximum Gasteiger partial charge on any atom is 0.337 e. The number of methoxy groups -OCH3 is 2. The minimum atomic E-state index is -1.03. The maximum atomic E-state index is 12.9. The molecule has 0 unspecified atom stereocenters. The molecule has 0 saturated carbocycles. The third kappa shape index (κ3) is 3.39. The van der Waals surface area contributed by atoms with Gasteiger partial charge in [-0.25, -0.2) is 9.59 Å². The van der Waals surface area contributed by atoms with Crippen LogP contribution in [0.1, 0.15) is 62.7 Å². The van der Waals surface area contributed by atoms with Crippen molar-refractivity contribution < 1.29 is 23.9 Å². The third-order valence-electron chi connectivity index (χ3n) is 5.68. The molecular formula is C23H25NO5. The van der Waals surface area contributed by atoms with Gasteiger partial charge in [0.2, 0.25) is 5.91 Å². The smallest absolute Gasteiger partial charge is 0.337 e. The fourth-order valence-electron chi connectivity index (χ4n) is 4.37. The summed E-state index contributed by atoms with van der Waals surface area (Å²) in [6.07, 6.45) is 2.48. The number of aryl methyl sites for hydroxylation is 2. The van der Waals surface area contributed by atoms with Crippen molar-refractivity contribution in [3.05, 3.63) is 69.8 Å². The zero-order chi connectivity index (χ0) is 21.2. The van der Waals surface area contributed by atoms with Gasteiger partial charge < -0.3 is 15.2 Å². The molecule has 1 aliphatic carbocycles. The van der Waals surface area contributed by atoms with E-state index in [4.69, 9.17) is 15.2 Å². The molecule has 0 aromatic heterocycles. The predicted molar refractivity (Wildman–Crippen MR) is 108 cm³/mol. The van der Waals surface area contributed by atoms with Gasteiger partial charge >= 0.3 is 11.9 Å². The number of hydrogen-bond donors (Lipinski definition) is 1. The minimum Gasteiger partial charge on any atom is -0.465 e. The second kappa shape index (κ2) is 8.07. The van der Waals surface area contributed by atoms with Crippen molar-refractivity contribution >= 4 is 17.8 Å². The summed E-state index contributed by atoms with van der Waals surface area (Å²) in [6.45, 7) is 2.00. The Hall–Kier alpha value is -3.15. The molecule has 3 rings (SSSR count). The van der Waals surface area contributed by atoms with Crippen LogP contribution < -0.4 is 5.73 Å². The van der Waals surface area contributed by atoms with Gasteiger partial charge in [-0.05, 0) is 65.8 Å². The number of hydrogen-bond acceptors (Lipinski definition) is 5. The van der Waals surface area contributed by atoms with Crippen LogP contribution in [0.25, 0.3) is 0 Å². The lowest BCUT2D eigenvalue weighted by Gasteiger charge is -2.33. The van der Waals surface area contributed by atoms with Crippen LogP contribution in [0.3, 0.4) is 0 Å². The van der Waals surface area contributed by atoms with E-state index in [2.05, 4.69) is 0 Å². The van der Waals surface area contributed by atoms with Crippen LogP contribution in [0.2, 0.25) is 0 Å². The summed E-state index contributed by atoms with van der Waals surface area (Å²) in [6, 6.07) is 10.5.